The van der Waals surface area contributed by atoms with Gasteiger partial charge in [-0.25, -0.2) is 9.37 Å². The van der Waals surface area contributed by atoms with E-state index in [0.29, 0.717) is 18.7 Å². The Morgan fingerprint density at radius 1 is 0.920 bits per heavy atom. The fourth-order valence-electron chi connectivity index (χ4n) is 2.35. The van der Waals surface area contributed by atoms with Crippen LogP contribution in [0.3, 0.4) is 0 Å². The second-order valence-electron chi connectivity index (χ2n) is 5.56. The van der Waals surface area contributed by atoms with E-state index < -0.39 is 0 Å². The van der Waals surface area contributed by atoms with E-state index in [4.69, 9.17) is 0 Å². The number of para-hydroxylation sites is 1. The highest BCUT2D eigenvalue weighted by molar-refractivity contribution is 5.92. The van der Waals surface area contributed by atoms with Crippen molar-refractivity contribution in [1.82, 2.24) is 10.3 Å². The third-order valence-electron chi connectivity index (χ3n) is 3.67. The van der Waals surface area contributed by atoms with Gasteiger partial charge >= 0.3 is 0 Å². The molecule has 0 saturated carbocycles. The molecule has 1 heterocycles. The van der Waals surface area contributed by atoms with Crippen molar-refractivity contribution in [2.45, 2.75) is 6.42 Å². The summed E-state index contributed by atoms with van der Waals surface area (Å²) in [6.07, 6.45) is 2.27. The predicted molar refractivity (Wildman–Crippen MR) is 96.4 cm³/mol. The van der Waals surface area contributed by atoms with E-state index in [1.54, 1.807) is 24.4 Å². The molecule has 0 bridgehead atoms. The minimum absolute atomic E-state index is 0.228. The maximum atomic E-state index is 12.8. The number of nitrogens with zero attached hydrogens (tertiary/aromatic N) is 1. The highest BCUT2D eigenvalue weighted by atomic mass is 19.1. The third kappa shape index (κ3) is 4.88. The van der Waals surface area contributed by atoms with E-state index in [1.807, 2.05) is 36.4 Å². The van der Waals surface area contributed by atoms with Crippen molar-refractivity contribution in [3.8, 4) is 0 Å². The maximum absolute atomic E-state index is 12.8. The Kier molecular flexibility index (Phi) is 5.36. The number of aromatic nitrogens is 1. The van der Waals surface area contributed by atoms with Gasteiger partial charge in [-0.2, -0.15) is 0 Å². The van der Waals surface area contributed by atoms with Crippen molar-refractivity contribution in [1.29, 1.82) is 0 Å². The fraction of sp³-hybridized carbons (Fsp3) is 0.100. The van der Waals surface area contributed by atoms with Gasteiger partial charge in [0.1, 0.15) is 11.5 Å². The van der Waals surface area contributed by atoms with Crippen LogP contribution in [0.4, 0.5) is 15.8 Å². The van der Waals surface area contributed by atoms with Gasteiger partial charge in [-0.15, -0.1) is 0 Å². The number of pyridine rings is 1. The van der Waals surface area contributed by atoms with Crippen molar-refractivity contribution in [3.63, 3.8) is 0 Å². The zero-order chi connectivity index (χ0) is 17.5. The molecule has 0 unspecified atom stereocenters. The summed E-state index contributed by atoms with van der Waals surface area (Å²) in [7, 11) is 0. The molecule has 0 aliphatic carbocycles. The van der Waals surface area contributed by atoms with Gasteiger partial charge in [0.25, 0.3) is 5.91 Å². The van der Waals surface area contributed by atoms with Gasteiger partial charge in [0, 0.05) is 12.2 Å². The predicted octanol–water partition coefficient (Wildman–Crippen LogP) is 3.94. The first-order chi connectivity index (χ1) is 12.2. The number of amides is 1. The largest absolute Gasteiger partial charge is 0.354 e. The zero-order valence-corrected chi connectivity index (χ0v) is 13.6. The Labute approximate surface area is 145 Å². The van der Waals surface area contributed by atoms with Gasteiger partial charge in [0.15, 0.2) is 0 Å². The van der Waals surface area contributed by atoms with Crippen LogP contribution in [-0.4, -0.2) is 17.4 Å². The van der Waals surface area contributed by atoms with Gasteiger partial charge in [0.05, 0.1) is 11.9 Å². The van der Waals surface area contributed by atoms with Crippen LogP contribution < -0.4 is 10.6 Å². The minimum Gasteiger partial charge on any atom is -0.354 e. The molecule has 1 amide bonds. The number of rotatable bonds is 6. The molecular weight excluding hydrogens is 317 g/mol. The number of hydrogen-bond acceptors (Lipinski definition) is 3. The van der Waals surface area contributed by atoms with E-state index in [-0.39, 0.29) is 11.7 Å². The summed E-state index contributed by atoms with van der Waals surface area (Å²) in [4.78, 5) is 16.3. The average molecular weight is 335 g/mol. The highest BCUT2D eigenvalue weighted by Gasteiger charge is 2.06. The molecule has 2 N–H and O–H groups in total. The first-order valence-corrected chi connectivity index (χ1v) is 8.01. The Morgan fingerprint density at radius 3 is 2.36 bits per heavy atom. The van der Waals surface area contributed by atoms with Crippen LogP contribution in [0, 0.1) is 5.82 Å². The fourth-order valence-corrected chi connectivity index (χ4v) is 2.35. The van der Waals surface area contributed by atoms with Gasteiger partial charge in [0.2, 0.25) is 0 Å². The molecule has 0 spiro atoms. The number of carbonyl (C=O) groups is 1. The molecule has 0 fully saturated rings. The summed E-state index contributed by atoms with van der Waals surface area (Å²) in [5, 5.41) is 6.03. The lowest BCUT2D eigenvalue weighted by Gasteiger charge is -2.08. The molecule has 0 radical (unpaired) electrons. The van der Waals surface area contributed by atoms with Gasteiger partial charge in [-0.1, -0.05) is 30.3 Å². The van der Waals surface area contributed by atoms with Gasteiger partial charge < -0.3 is 10.6 Å². The SMILES string of the molecule is O=C(NCCc1ccc(F)cc1)c1ccc(Nc2ccccc2)cn1. The summed E-state index contributed by atoms with van der Waals surface area (Å²) < 4.78 is 12.8. The number of benzene rings is 2. The van der Waals surface area contributed by atoms with E-state index in [1.165, 1.54) is 12.1 Å². The quantitative estimate of drug-likeness (QED) is 0.717. The third-order valence-corrected chi connectivity index (χ3v) is 3.67. The van der Waals surface area contributed by atoms with Crippen LogP contribution in [0.15, 0.2) is 72.9 Å². The Bertz CT molecular complexity index is 818. The first kappa shape index (κ1) is 16.6. The number of anilines is 2. The molecule has 3 aromatic rings. The molecule has 0 aliphatic rings. The van der Waals surface area contributed by atoms with Crippen molar-refractivity contribution < 1.29 is 9.18 Å². The summed E-state index contributed by atoms with van der Waals surface area (Å²) in [5.41, 5.74) is 3.10. The van der Waals surface area contributed by atoms with Crippen LogP contribution in [0.5, 0.6) is 0 Å². The van der Waals surface area contributed by atoms with E-state index >= 15 is 0 Å². The maximum Gasteiger partial charge on any atom is 0.269 e. The second kappa shape index (κ2) is 8.06. The van der Waals surface area contributed by atoms with Gasteiger partial charge in [-0.05, 0) is 48.4 Å². The van der Waals surface area contributed by atoms with Gasteiger partial charge in [-0.3, -0.25) is 4.79 Å². The summed E-state index contributed by atoms with van der Waals surface area (Å²) in [5.74, 6) is -0.491. The molecule has 0 saturated heterocycles. The number of halogens is 1. The van der Waals surface area contributed by atoms with Crippen LogP contribution in [-0.2, 0) is 6.42 Å². The number of hydrogen-bond donors (Lipinski definition) is 2. The summed E-state index contributed by atoms with van der Waals surface area (Å²) >= 11 is 0. The van der Waals surface area contributed by atoms with E-state index in [2.05, 4.69) is 15.6 Å². The van der Waals surface area contributed by atoms with E-state index in [0.717, 1.165) is 16.9 Å². The minimum atomic E-state index is -0.263. The van der Waals surface area contributed by atoms with Crippen LogP contribution in [0.1, 0.15) is 16.1 Å². The second-order valence-corrected chi connectivity index (χ2v) is 5.56. The molecule has 1 aromatic heterocycles. The molecule has 5 heteroatoms. The van der Waals surface area contributed by atoms with E-state index in [9.17, 15) is 9.18 Å². The molecule has 2 aromatic carbocycles. The number of carbonyl (C=O) groups excluding carboxylic acids is 1. The Morgan fingerprint density at radius 2 is 1.68 bits per heavy atom. The molecule has 3 rings (SSSR count). The lowest BCUT2D eigenvalue weighted by molar-refractivity contribution is 0.0949. The normalized spacial score (nSPS) is 10.3. The molecule has 25 heavy (non-hydrogen) atoms. The zero-order valence-electron chi connectivity index (χ0n) is 13.6. The van der Waals surface area contributed by atoms with Crippen molar-refractivity contribution in [2.24, 2.45) is 0 Å². The summed E-state index contributed by atoms with van der Waals surface area (Å²) in [6, 6.07) is 19.5. The lowest BCUT2D eigenvalue weighted by atomic mass is 10.1. The molecule has 0 atom stereocenters. The van der Waals surface area contributed by atoms with Crippen LogP contribution >= 0.6 is 0 Å². The molecular formula is C20H18FN3O. The summed E-state index contributed by atoms with van der Waals surface area (Å²) in [6.45, 7) is 0.468. The van der Waals surface area contributed by atoms with Crippen molar-refractivity contribution in [3.05, 3.63) is 90.0 Å². The average Bonchev–Trinajstić information content (AvgIpc) is 2.65. The first-order valence-electron chi connectivity index (χ1n) is 8.01. The number of nitrogens with one attached hydrogen (secondary N) is 2. The smallest absolute Gasteiger partial charge is 0.269 e. The highest BCUT2D eigenvalue weighted by Crippen LogP contribution is 2.15. The monoisotopic (exact) mass is 335 g/mol. The Balaban J connectivity index is 1.51. The van der Waals surface area contributed by atoms with Crippen LogP contribution in [0.25, 0.3) is 0 Å². The Hall–Kier alpha value is -3.21. The van der Waals surface area contributed by atoms with Crippen molar-refractivity contribution in [2.75, 3.05) is 11.9 Å². The molecule has 126 valence electrons. The molecule has 4 nitrogen and oxygen atoms in total. The standard InChI is InChI=1S/C20H18FN3O/c21-16-8-6-15(7-9-16)12-13-22-20(25)19-11-10-18(14-23-19)24-17-4-2-1-3-5-17/h1-11,14,24H,12-13H2,(H,22,25). The topological polar surface area (TPSA) is 54.0 Å². The van der Waals surface area contributed by atoms with Crippen molar-refractivity contribution >= 4 is 17.3 Å². The lowest BCUT2D eigenvalue weighted by Crippen LogP contribution is -2.26. The molecule has 0 aliphatic heterocycles. The van der Waals surface area contributed by atoms with Crippen LogP contribution in [0.2, 0.25) is 0 Å².